The maximum Gasteiger partial charge on any atom is 0.305 e. The smallest absolute Gasteiger partial charge is 0.305 e. The van der Waals surface area contributed by atoms with Crippen LogP contribution in [0.4, 0.5) is 4.39 Å². The lowest BCUT2D eigenvalue weighted by Gasteiger charge is -2.31. The number of benzene rings is 1. The monoisotopic (exact) mass is 468 g/mol. The summed E-state index contributed by atoms with van der Waals surface area (Å²) in [4.78, 5) is 31.6. The maximum absolute atomic E-state index is 13.4. The van der Waals surface area contributed by atoms with Crippen LogP contribution in [0.1, 0.15) is 66.8 Å². The number of piperidine rings is 1. The van der Waals surface area contributed by atoms with E-state index < -0.39 is 5.97 Å². The first-order valence-electron chi connectivity index (χ1n) is 12.0. The first-order valence-corrected chi connectivity index (χ1v) is 12.0. The molecule has 0 bridgehead atoms. The second-order valence-electron chi connectivity index (χ2n) is 9.49. The third-order valence-electron chi connectivity index (χ3n) is 7.32. The molecule has 4 heterocycles. The average molecular weight is 469 g/mol. The van der Waals surface area contributed by atoms with Crippen molar-refractivity contribution in [2.24, 2.45) is 0 Å². The van der Waals surface area contributed by atoms with Gasteiger partial charge in [-0.1, -0.05) is 5.16 Å². The summed E-state index contributed by atoms with van der Waals surface area (Å²) in [6, 6.07) is 4.23. The minimum atomic E-state index is -0.889. The Balaban J connectivity index is 1.25. The Hall–Kier alpha value is -3.07. The van der Waals surface area contributed by atoms with Crippen LogP contribution in [-0.2, 0) is 17.6 Å². The van der Waals surface area contributed by atoms with Gasteiger partial charge >= 0.3 is 5.97 Å². The van der Waals surface area contributed by atoms with Crippen LogP contribution in [0.3, 0.4) is 0 Å². The molecule has 2 aliphatic rings. The normalized spacial score (nSPS) is 19.4. The molecule has 1 aromatic carbocycles. The van der Waals surface area contributed by atoms with Crippen molar-refractivity contribution >= 4 is 16.9 Å². The van der Waals surface area contributed by atoms with E-state index >= 15 is 0 Å². The van der Waals surface area contributed by atoms with Gasteiger partial charge in [-0.3, -0.25) is 14.2 Å². The Bertz CT molecular complexity index is 1280. The second-order valence-corrected chi connectivity index (χ2v) is 9.49. The van der Waals surface area contributed by atoms with E-state index in [1.165, 1.54) is 12.1 Å². The lowest BCUT2D eigenvalue weighted by molar-refractivity contribution is -0.138. The number of fused-ring (bicyclic) bond motifs is 2. The number of nitrogens with zero attached hydrogens (tertiary/aromatic N) is 4. The third kappa shape index (κ3) is 4.36. The second kappa shape index (κ2) is 9.29. The van der Waals surface area contributed by atoms with Crippen LogP contribution in [0.25, 0.3) is 11.0 Å². The number of carboxylic acid groups (broad SMARTS) is 1. The zero-order valence-electron chi connectivity index (χ0n) is 19.3. The van der Waals surface area contributed by atoms with Crippen molar-refractivity contribution < 1.29 is 18.8 Å². The fraction of sp³-hybridized carbons (Fsp3) is 0.520. The Morgan fingerprint density at radius 1 is 1.26 bits per heavy atom. The van der Waals surface area contributed by atoms with Gasteiger partial charge in [0.05, 0.1) is 12.1 Å². The lowest BCUT2D eigenvalue weighted by atomic mass is 9.91. The average Bonchev–Trinajstić information content (AvgIpc) is 3.22. The number of carbonyl (C=O) groups is 1. The van der Waals surface area contributed by atoms with Crippen LogP contribution < -0.4 is 5.56 Å². The van der Waals surface area contributed by atoms with Crippen LogP contribution in [0.5, 0.6) is 0 Å². The zero-order chi connectivity index (χ0) is 23.8. The van der Waals surface area contributed by atoms with E-state index in [9.17, 15) is 19.1 Å². The van der Waals surface area contributed by atoms with Crippen molar-refractivity contribution in [3.05, 3.63) is 57.1 Å². The van der Waals surface area contributed by atoms with Gasteiger partial charge in [0.15, 0.2) is 5.58 Å². The highest BCUT2D eigenvalue weighted by molar-refractivity contribution is 5.79. The van der Waals surface area contributed by atoms with Gasteiger partial charge < -0.3 is 14.5 Å². The predicted molar refractivity (Wildman–Crippen MR) is 124 cm³/mol. The number of halogens is 1. The summed E-state index contributed by atoms with van der Waals surface area (Å²) in [7, 11) is 0. The molecule has 1 unspecified atom stereocenters. The van der Waals surface area contributed by atoms with Crippen LogP contribution in [0.15, 0.2) is 27.5 Å². The summed E-state index contributed by atoms with van der Waals surface area (Å²) < 4.78 is 20.4. The first-order chi connectivity index (χ1) is 16.4. The molecule has 0 saturated carbocycles. The summed E-state index contributed by atoms with van der Waals surface area (Å²) in [5.74, 6) is -0.247. The van der Waals surface area contributed by atoms with Gasteiger partial charge in [-0.05, 0) is 64.3 Å². The minimum Gasteiger partial charge on any atom is -0.481 e. The fourth-order valence-electron chi connectivity index (χ4n) is 5.52. The van der Waals surface area contributed by atoms with Gasteiger partial charge in [-0.25, -0.2) is 9.37 Å². The maximum atomic E-state index is 13.4. The Morgan fingerprint density at radius 3 is 2.82 bits per heavy atom. The molecule has 5 rings (SSSR count). The molecule has 2 aliphatic heterocycles. The number of likely N-dealkylation sites (tertiary alicyclic amines) is 1. The first kappa shape index (κ1) is 22.7. The molecule has 1 fully saturated rings. The van der Waals surface area contributed by atoms with E-state index in [1.54, 1.807) is 10.6 Å². The number of aromatic nitrogens is 3. The number of rotatable bonds is 6. The Labute approximate surface area is 196 Å². The highest BCUT2D eigenvalue weighted by Crippen LogP contribution is 2.33. The number of hydrogen-bond acceptors (Lipinski definition) is 6. The molecular weight excluding hydrogens is 439 g/mol. The van der Waals surface area contributed by atoms with Crippen molar-refractivity contribution in [2.45, 2.75) is 63.8 Å². The number of aliphatic carboxylic acids is 1. The summed E-state index contributed by atoms with van der Waals surface area (Å²) in [5.41, 5.74) is 2.74. The van der Waals surface area contributed by atoms with Crippen LogP contribution in [-0.4, -0.2) is 50.3 Å². The number of hydrogen-bond donors (Lipinski definition) is 1. The van der Waals surface area contributed by atoms with Crippen molar-refractivity contribution in [1.82, 2.24) is 19.6 Å². The Kier molecular flexibility index (Phi) is 6.20. The molecule has 180 valence electrons. The molecule has 34 heavy (non-hydrogen) atoms. The molecule has 0 amide bonds. The van der Waals surface area contributed by atoms with Gasteiger partial charge in [-0.15, -0.1) is 0 Å². The van der Waals surface area contributed by atoms with Crippen molar-refractivity contribution in [3.63, 3.8) is 0 Å². The topological polar surface area (TPSA) is 101 Å². The van der Waals surface area contributed by atoms with E-state index in [0.29, 0.717) is 36.2 Å². The van der Waals surface area contributed by atoms with Crippen molar-refractivity contribution in [2.75, 3.05) is 19.6 Å². The standard InChI is InChI=1S/C25H29FN4O4/c1-15-19(25(33)30-18(14-23(31)32)3-2-4-22(30)27-15)9-12-29-10-7-16(8-11-29)24-20-6-5-17(26)13-21(20)34-28-24/h5-6,13,16,18H,2-4,7-12,14H2,1H3,(H,31,32). The number of aryl methyl sites for hydroxylation is 2. The fourth-order valence-corrected chi connectivity index (χ4v) is 5.52. The minimum absolute atomic E-state index is 0.0476. The summed E-state index contributed by atoms with van der Waals surface area (Å²) in [6.45, 7) is 4.38. The summed E-state index contributed by atoms with van der Waals surface area (Å²) in [5, 5.41) is 14.4. The van der Waals surface area contributed by atoms with Gasteiger partial charge in [0.25, 0.3) is 5.56 Å². The summed E-state index contributed by atoms with van der Waals surface area (Å²) in [6.07, 6.45) is 4.64. The van der Waals surface area contributed by atoms with E-state index in [2.05, 4.69) is 15.0 Å². The molecule has 0 radical (unpaired) electrons. The van der Waals surface area contributed by atoms with Gasteiger partial charge in [0.1, 0.15) is 11.6 Å². The summed E-state index contributed by atoms with van der Waals surface area (Å²) >= 11 is 0. The van der Waals surface area contributed by atoms with E-state index in [-0.39, 0.29) is 29.8 Å². The lowest BCUT2D eigenvalue weighted by Crippen LogP contribution is -2.38. The molecular formula is C25H29FN4O4. The van der Waals surface area contributed by atoms with Crippen LogP contribution in [0.2, 0.25) is 0 Å². The van der Waals surface area contributed by atoms with Crippen LogP contribution in [0, 0.1) is 12.7 Å². The van der Waals surface area contributed by atoms with E-state index in [0.717, 1.165) is 55.7 Å². The van der Waals surface area contributed by atoms with Gasteiger partial charge in [-0.2, -0.15) is 0 Å². The van der Waals surface area contributed by atoms with Gasteiger partial charge in [0, 0.05) is 47.6 Å². The SMILES string of the molecule is Cc1nc2n(c(=O)c1CCN1CCC(c3noc4cc(F)ccc34)CC1)C(CC(=O)O)CCC2. The number of carboxylic acids is 1. The van der Waals surface area contributed by atoms with Gasteiger partial charge in [0.2, 0.25) is 0 Å². The molecule has 8 nitrogen and oxygen atoms in total. The molecule has 2 aromatic heterocycles. The molecule has 1 saturated heterocycles. The quantitative estimate of drug-likeness (QED) is 0.590. The van der Waals surface area contributed by atoms with E-state index in [4.69, 9.17) is 4.52 Å². The third-order valence-corrected chi connectivity index (χ3v) is 7.32. The molecule has 1 N–H and O–H groups in total. The molecule has 0 aliphatic carbocycles. The molecule has 1 atom stereocenters. The molecule has 0 spiro atoms. The zero-order valence-corrected chi connectivity index (χ0v) is 19.3. The van der Waals surface area contributed by atoms with E-state index in [1.807, 2.05) is 6.92 Å². The highest BCUT2D eigenvalue weighted by atomic mass is 19.1. The molecule has 9 heteroatoms. The van der Waals surface area contributed by atoms with Crippen LogP contribution >= 0.6 is 0 Å². The highest BCUT2D eigenvalue weighted by Gasteiger charge is 2.28. The van der Waals surface area contributed by atoms with Crippen molar-refractivity contribution in [1.29, 1.82) is 0 Å². The largest absolute Gasteiger partial charge is 0.481 e. The Morgan fingerprint density at radius 2 is 2.06 bits per heavy atom. The predicted octanol–water partition coefficient (Wildman–Crippen LogP) is 3.61. The molecule has 3 aromatic rings. The van der Waals surface area contributed by atoms with Crippen molar-refractivity contribution in [3.8, 4) is 0 Å².